The maximum atomic E-state index is 11.6. The molecule has 0 spiro atoms. The number of carbonyl (C=O) groups is 1. The Hall–Kier alpha value is -3.02. The topological polar surface area (TPSA) is 65.4 Å². The van der Waals surface area contributed by atoms with Gasteiger partial charge in [0, 0.05) is 6.54 Å². The number of unbranched alkanes of at least 4 members (excludes halogenated alkanes) is 2. The van der Waals surface area contributed by atoms with Crippen LogP contribution in [0.2, 0.25) is 0 Å². The van der Waals surface area contributed by atoms with Crippen LogP contribution < -0.4 is 10.1 Å². The highest BCUT2D eigenvalue weighted by molar-refractivity contribution is 5.84. The fraction of sp³-hybridized carbons (Fsp3) is 0.417. The lowest BCUT2D eigenvalue weighted by Crippen LogP contribution is -2.33. The molecule has 0 bridgehead atoms. The van der Waals surface area contributed by atoms with Crippen molar-refractivity contribution < 1.29 is 14.3 Å². The van der Waals surface area contributed by atoms with Crippen molar-refractivity contribution in [1.82, 2.24) is 15.1 Å². The third kappa shape index (κ3) is 6.51. The SMILES string of the molecule is CC(C)(C)OC(=O)NCCCCCOc1nn(Cc2ccccc2)c2ccccc12. The third-order valence-electron chi connectivity index (χ3n) is 4.53. The number of aromatic nitrogens is 2. The van der Waals surface area contributed by atoms with Crippen LogP contribution in [-0.4, -0.2) is 34.6 Å². The monoisotopic (exact) mass is 409 g/mol. The van der Waals surface area contributed by atoms with E-state index < -0.39 is 5.60 Å². The number of fused-ring (bicyclic) bond motifs is 1. The number of benzene rings is 2. The molecule has 2 aromatic carbocycles. The van der Waals surface area contributed by atoms with Crippen molar-refractivity contribution in [3.05, 3.63) is 60.2 Å². The smallest absolute Gasteiger partial charge is 0.407 e. The summed E-state index contributed by atoms with van der Waals surface area (Å²) in [7, 11) is 0. The fourth-order valence-corrected chi connectivity index (χ4v) is 3.16. The molecule has 0 aliphatic heterocycles. The minimum absolute atomic E-state index is 0.367. The maximum Gasteiger partial charge on any atom is 0.407 e. The van der Waals surface area contributed by atoms with Crippen molar-refractivity contribution in [2.75, 3.05) is 13.2 Å². The van der Waals surface area contributed by atoms with Crippen molar-refractivity contribution in [3.8, 4) is 5.88 Å². The van der Waals surface area contributed by atoms with E-state index in [-0.39, 0.29) is 6.09 Å². The second-order valence-corrected chi connectivity index (χ2v) is 8.30. The molecular weight excluding hydrogens is 378 g/mol. The molecule has 160 valence electrons. The average Bonchev–Trinajstić information content (AvgIpc) is 3.04. The highest BCUT2D eigenvalue weighted by atomic mass is 16.6. The summed E-state index contributed by atoms with van der Waals surface area (Å²) < 4.78 is 13.2. The first kappa shape index (κ1) is 21.7. The summed E-state index contributed by atoms with van der Waals surface area (Å²) in [5.74, 6) is 0.674. The number of para-hydroxylation sites is 1. The van der Waals surface area contributed by atoms with Gasteiger partial charge in [0.05, 0.1) is 24.1 Å². The molecular formula is C24H31N3O3. The highest BCUT2D eigenvalue weighted by Crippen LogP contribution is 2.25. The van der Waals surface area contributed by atoms with Crippen molar-refractivity contribution in [2.24, 2.45) is 0 Å². The highest BCUT2D eigenvalue weighted by Gasteiger charge is 2.15. The van der Waals surface area contributed by atoms with Crippen molar-refractivity contribution >= 4 is 17.0 Å². The Morgan fingerprint density at radius 3 is 2.50 bits per heavy atom. The predicted molar refractivity (Wildman–Crippen MR) is 119 cm³/mol. The molecule has 0 atom stereocenters. The average molecular weight is 410 g/mol. The van der Waals surface area contributed by atoms with Crippen LogP contribution in [0.3, 0.4) is 0 Å². The Kier molecular flexibility index (Phi) is 7.33. The van der Waals surface area contributed by atoms with E-state index in [9.17, 15) is 4.79 Å². The van der Waals surface area contributed by atoms with Crippen LogP contribution >= 0.6 is 0 Å². The molecule has 30 heavy (non-hydrogen) atoms. The van der Waals surface area contributed by atoms with Crippen molar-refractivity contribution in [2.45, 2.75) is 52.2 Å². The summed E-state index contributed by atoms with van der Waals surface area (Å²) in [6.07, 6.45) is 2.37. The zero-order valence-electron chi connectivity index (χ0n) is 18.1. The minimum atomic E-state index is -0.468. The molecule has 1 aromatic heterocycles. The fourth-order valence-electron chi connectivity index (χ4n) is 3.16. The lowest BCUT2D eigenvalue weighted by molar-refractivity contribution is 0.0527. The Morgan fingerprint density at radius 2 is 1.73 bits per heavy atom. The molecule has 6 heteroatoms. The van der Waals surface area contributed by atoms with Gasteiger partial charge in [0.25, 0.3) is 0 Å². The molecule has 0 fully saturated rings. The zero-order valence-corrected chi connectivity index (χ0v) is 18.1. The van der Waals surface area contributed by atoms with Gasteiger partial charge < -0.3 is 14.8 Å². The van der Waals surface area contributed by atoms with E-state index in [2.05, 4.69) is 23.5 Å². The van der Waals surface area contributed by atoms with Crippen LogP contribution in [0.5, 0.6) is 5.88 Å². The number of ether oxygens (including phenoxy) is 2. The molecule has 0 radical (unpaired) electrons. The zero-order chi connectivity index (χ0) is 21.4. The van der Waals surface area contributed by atoms with Gasteiger partial charge in [-0.15, -0.1) is 5.10 Å². The molecule has 0 aliphatic rings. The van der Waals surface area contributed by atoms with Crippen LogP contribution in [0, 0.1) is 0 Å². The molecule has 0 unspecified atom stereocenters. The van der Waals surface area contributed by atoms with Gasteiger partial charge in [0.1, 0.15) is 5.60 Å². The van der Waals surface area contributed by atoms with Crippen LogP contribution in [0.4, 0.5) is 4.79 Å². The van der Waals surface area contributed by atoms with Gasteiger partial charge >= 0.3 is 6.09 Å². The minimum Gasteiger partial charge on any atom is -0.476 e. The molecule has 0 saturated carbocycles. The summed E-state index contributed by atoms with van der Waals surface area (Å²) >= 11 is 0. The summed E-state index contributed by atoms with van der Waals surface area (Å²) in [6, 6.07) is 18.4. The number of carbonyl (C=O) groups excluding carboxylic acids is 1. The number of rotatable bonds is 9. The standard InChI is InChI=1S/C24H31N3O3/c1-24(2,3)30-23(28)25-16-10-5-11-17-29-22-20-14-8-9-15-21(20)27(26-22)18-19-12-6-4-7-13-19/h4,6-9,12-15H,5,10-11,16-18H2,1-3H3,(H,25,28). The number of nitrogens with zero attached hydrogens (tertiary/aromatic N) is 2. The van der Waals surface area contributed by atoms with Gasteiger partial charge in [-0.05, 0) is 57.7 Å². The maximum absolute atomic E-state index is 11.6. The molecule has 3 aromatic rings. The van der Waals surface area contributed by atoms with E-state index in [0.717, 1.165) is 30.2 Å². The van der Waals surface area contributed by atoms with Gasteiger partial charge in [0.15, 0.2) is 0 Å². The van der Waals surface area contributed by atoms with E-state index >= 15 is 0 Å². The molecule has 6 nitrogen and oxygen atoms in total. The van der Waals surface area contributed by atoms with Gasteiger partial charge in [0.2, 0.25) is 5.88 Å². The van der Waals surface area contributed by atoms with E-state index in [1.165, 1.54) is 5.56 Å². The van der Waals surface area contributed by atoms with Gasteiger partial charge in [-0.2, -0.15) is 0 Å². The molecule has 1 amide bonds. The Bertz CT molecular complexity index is 945. The van der Waals surface area contributed by atoms with E-state index in [0.29, 0.717) is 25.6 Å². The molecule has 3 rings (SSSR count). The van der Waals surface area contributed by atoms with Crippen LogP contribution in [0.15, 0.2) is 54.6 Å². The summed E-state index contributed by atoms with van der Waals surface area (Å²) in [4.78, 5) is 11.6. The Labute approximate surface area is 178 Å². The van der Waals surface area contributed by atoms with Crippen molar-refractivity contribution in [3.63, 3.8) is 0 Å². The predicted octanol–water partition coefficient (Wildman–Crippen LogP) is 5.16. The third-order valence-corrected chi connectivity index (χ3v) is 4.53. The number of nitrogens with one attached hydrogen (secondary N) is 1. The molecule has 1 N–H and O–H groups in total. The van der Waals surface area contributed by atoms with E-state index in [1.807, 2.05) is 61.9 Å². The van der Waals surface area contributed by atoms with Gasteiger partial charge in [-0.1, -0.05) is 42.5 Å². The van der Waals surface area contributed by atoms with Crippen LogP contribution in [0.1, 0.15) is 45.6 Å². The van der Waals surface area contributed by atoms with Crippen LogP contribution in [0.25, 0.3) is 10.9 Å². The Morgan fingerprint density at radius 1 is 1.00 bits per heavy atom. The molecule has 0 aliphatic carbocycles. The number of hydrogen-bond donors (Lipinski definition) is 1. The van der Waals surface area contributed by atoms with Crippen LogP contribution in [-0.2, 0) is 11.3 Å². The Balaban J connectivity index is 1.46. The van der Waals surface area contributed by atoms with Gasteiger partial charge in [-0.25, -0.2) is 4.79 Å². The molecule has 0 saturated heterocycles. The first-order valence-electron chi connectivity index (χ1n) is 10.5. The first-order valence-corrected chi connectivity index (χ1v) is 10.5. The largest absolute Gasteiger partial charge is 0.476 e. The quantitative estimate of drug-likeness (QED) is 0.496. The number of amides is 1. The summed E-state index contributed by atoms with van der Waals surface area (Å²) in [5, 5.41) is 8.51. The summed E-state index contributed by atoms with van der Waals surface area (Å²) in [5.41, 5.74) is 1.80. The van der Waals surface area contributed by atoms with E-state index in [4.69, 9.17) is 14.6 Å². The second-order valence-electron chi connectivity index (χ2n) is 8.30. The normalized spacial score (nSPS) is 11.4. The second kappa shape index (κ2) is 10.1. The van der Waals surface area contributed by atoms with Gasteiger partial charge in [-0.3, -0.25) is 4.68 Å². The lowest BCUT2D eigenvalue weighted by Gasteiger charge is -2.19. The first-order chi connectivity index (χ1) is 14.4. The lowest BCUT2D eigenvalue weighted by atomic mass is 10.2. The van der Waals surface area contributed by atoms with E-state index in [1.54, 1.807) is 0 Å². The number of alkyl carbamates (subject to hydrolysis) is 1. The molecule has 1 heterocycles. The number of hydrogen-bond acceptors (Lipinski definition) is 4. The van der Waals surface area contributed by atoms with Crippen molar-refractivity contribution in [1.29, 1.82) is 0 Å². The summed E-state index contributed by atoms with van der Waals surface area (Å²) in [6.45, 7) is 7.47.